The Morgan fingerprint density at radius 1 is 0.628 bits per heavy atom. The van der Waals surface area contributed by atoms with Gasteiger partial charge in [-0.3, -0.25) is 4.40 Å². The number of pyridine rings is 1. The first-order valence-corrected chi connectivity index (χ1v) is 17.0. The Bertz CT molecular complexity index is 2540. The minimum atomic E-state index is -3.04. The number of aromatic nitrogens is 2. The van der Waals surface area contributed by atoms with Crippen molar-refractivity contribution in [3.8, 4) is 11.1 Å². The quantitative estimate of drug-likeness (QED) is 0.153. The van der Waals surface area contributed by atoms with E-state index >= 15 is 4.57 Å². The monoisotopic (exact) mass is 572 g/mol. The van der Waals surface area contributed by atoms with Crippen molar-refractivity contribution in [2.75, 3.05) is 6.66 Å². The molecule has 0 radical (unpaired) electrons. The second kappa shape index (κ2) is 8.43. The second-order valence-electron chi connectivity index (χ2n) is 12.5. The molecular formula is C39H29N2OP. The standard InChI is InChI=1S/C39H29N2OP/c1-39(2)31-17-9-8-12-25(31)26-21-20-24(22-32(26)39)43(3,42)36-23-35-37(28-14-5-4-13-27(28)36)29-15-6-7-16-30(29)38-40-33-18-10-11-19-34(33)41(35)38/h4-23H,1-3H3. The number of para-hydroxylation sites is 2. The lowest BCUT2D eigenvalue weighted by Gasteiger charge is -2.24. The minimum absolute atomic E-state index is 0.159. The lowest BCUT2D eigenvalue weighted by Crippen LogP contribution is -2.20. The van der Waals surface area contributed by atoms with Crippen LogP contribution in [0.25, 0.3) is 60.3 Å². The first-order chi connectivity index (χ1) is 20.9. The van der Waals surface area contributed by atoms with Crippen molar-refractivity contribution in [1.82, 2.24) is 9.38 Å². The zero-order valence-electron chi connectivity index (χ0n) is 24.3. The van der Waals surface area contributed by atoms with Crippen LogP contribution in [0.5, 0.6) is 0 Å². The largest absolute Gasteiger partial charge is 0.314 e. The summed E-state index contributed by atoms with van der Waals surface area (Å²) in [6, 6.07) is 42.6. The van der Waals surface area contributed by atoms with Gasteiger partial charge in [0.1, 0.15) is 12.8 Å². The van der Waals surface area contributed by atoms with E-state index in [-0.39, 0.29) is 5.41 Å². The maximum Gasteiger partial charge on any atom is 0.146 e. The Morgan fingerprint density at radius 2 is 1.26 bits per heavy atom. The summed E-state index contributed by atoms with van der Waals surface area (Å²) in [5, 5.41) is 7.37. The maximum absolute atomic E-state index is 15.3. The molecule has 1 aliphatic carbocycles. The summed E-state index contributed by atoms with van der Waals surface area (Å²) in [6.45, 7) is 6.50. The van der Waals surface area contributed by atoms with Crippen molar-refractivity contribution >= 4 is 66.9 Å². The van der Waals surface area contributed by atoms with Gasteiger partial charge in [-0.15, -0.1) is 0 Å². The lowest BCUT2D eigenvalue weighted by atomic mass is 9.82. The van der Waals surface area contributed by atoms with Gasteiger partial charge >= 0.3 is 0 Å². The number of hydrogen-bond donors (Lipinski definition) is 0. The topological polar surface area (TPSA) is 34.4 Å². The van der Waals surface area contributed by atoms with Crippen molar-refractivity contribution in [3.05, 3.63) is 132 Å². The van der Waals surface area contributed by atoms with Gasteiger partial charge in [0.25, 0.3) is 0 Å². The molecular weight excluding hydrogens is 543 g/mol. The minimum Gasteiger partial charge on any atom is -0.314 e. The van der Waals surface area contributed by atoms with Gasteiger partial charge in [-0.1, -0.05) is 111 Å². The lowest BCUT2D eigenvalue weighted by molar-refractivity contribution is 0.590. The van der Waals surface area contributed by atoms with Gasteiger partial charge in [0.05, 0.1) is 16.6 Å². The van der Waals surface area contributed by atoms with E-state index in [2.05, 4.69) is 134 Å². The van der Waals surface area contributed by atoms with Crippen LogP contribution in [0.3, 0.4) is 0 Å². The van der Waals surface area contributed by atoms with Crippen LogP contribution >= 0.6 is 7.14 Å². The molecule has 206 valence electrons. The van der Waals surface area contributed by atoms with Gasteiger partial charge in [-0.2, -0.15) is 0 Å². The van der Waals surface area contributed by atoms with Crippen molar-refractivity contribution in [2.45, 2.75) is 19.3 Å². The average Bonchev–Trinajstić information content (AvgIpc) is 3.54. The molecule has 9 rings (SSSR count). The number of hydrogen-bond acceptors (Lipinski definition) is 2. The Labute approximate surface area is 249 Å². The highest BCUT2D eigenvalue weighted by Crippen LogP contribution is 2.51. The summed E-state index contributed by atoms with van der Waals surface area (Å²) in [5.41, 5.74) is 8.89. The zero-order chi connectivity index (χ0) is 29.1. The molecule has 4 heteroatoms. The predicted octanol–water partition coefficient (Wildman–Crippen LogP) is 9.20. The van der Waals surface area contributed by atoms with Crippen LogP contribution in [0.15, 0.2) is 121 Å². The van der Waals surface area contributed by atoms with E-state index in [1.54, 1.807) is 0 Å². The molecule has 1 atom stereocenters. The van der Waals surface area contributed by atoms with Crippen molar-refractivity contribution < 1.29 is 4.57 Å². The van der Waals surface area contributed by atoms with Crippen molar-refractivity contribution in [1.29, 1.82) is 0 Å². The van der Waals surface area contributed by atoms with E-state index < -0.39 is 7.14 Å². The number of imidazole rings is 1. The first kappa shape index (κ1) is 24.8. The maximum atomic E-state index is 15.3. The number of benzene rings is 6. The summed E-state index contributed by atoms with van der Waals surface area (Å²) in [5.74, 6) is 0. The molecule has 0 saturated heterocycles. The third-order valence-electron chi connectivity index (χ3n) is 9.76. The molecule has 2 heterocycles. The van der Waals surface area contributed by atoms with Gasteiger partial charge in [0.15, 0.2) is 0 Å². The molecule has 8 aromatic rings. The fraction of sp³-hybridized carbons (Fsp3) is 0.103. The SMILES string of the molecule is CC1(C)c2ccccc2-c2ccc(P(C)(=O)c3cc4c(c5ccccc35)c3ccccc3c3nc5ccccc5n43)cc21. The Morgan fingerprint density at radius 3 is 2.07 bits per heavy atom. The highest BCUT2D eigenvalue weighted by atomic mass is 31.2. The van der Waals surface area contributed by atoms with Gasteiger partial charge in [-0.05, 0) is 69.3 Å². The summed E-state index contributed by atoms with van der Waals surface area (Å²) < 4.78 is 17.6. The van der Waals surface area contributed by atoms with E-state index in [1.165, 1.54) is 22.3 Å². The van der Waals surface area contributed by atoms with Gasteiger partial charge in [0, 0.05) is 26.8 Å². The molecule has 6 aromatic carbocycles. The molecule has 0 bridgehead atoms. The van der Waals surface area contributed by atoms with Crippen LogP contribution in [-0.2, 0) is 9.98 Å². The third kappa shape index (κ3) is 3.21. The summed E-state index contributed by atoms with van der Waals surface area (Å²) in [4.78, 5) is 5.09. The van der Waals surface area contributed by atoms with Crippen LogP contribution < -0.4 is 10.6 Å². The summed E-state index contributed by atoms with van der Waals surface area (Å²) in [6.07, 6.45) is 0. The van der Waals surface area contributed by atoms with E-state index in [0.29, 0.717) is 0 Å². The highest BCUT2D eigenvalue weighted by molar-refractivity contribution is 7.78. The van der Waals surface area contributed by atoms with Crippen LogP contribution in [-0.4, -0.2) is 16.0 Å². The molecule has 2 aromatic heterocycles. The van der Waals surface area contributed by atoms with Crippen molar-refractivity contribution in [2.24, 2.45) is 0 Å². The molecule has 0 amide bonds. The number of rotatable bonds is 2. The third-order valence-corrected chi connectivity index (χ3v) is 12.3. The summed E-state index contributed by atoms with van der Waals surface area (Å²) >= 11 is 0. The smallest absolute Gasteiger partial charge is 0.146 e. The highest BCUT2D eigenvalue weighted by Gasteiger charge is 2.37. The predicted molar refractivity (Wildman–Crippen MR) is 182 cm³/mol. The van der Waals surface area contributed by atoms with E-state index in [9.17, 15) is 0 Å². The molecule has 43 heavy (non-hydrogen) atoms. The van der Waals surface area contributed by atoms with Crippen LogP contribution in [0.2, 0.25) is 0 Å². The fourth-order valence-electron chi connectivity index (χ4n) is 7.60. The van der Waals surface area contributed by atoms with Crippen LogP contribution in [0, 0.1) is 0 Å². The van der Waals surface area contributed by atoms with Gasteiger partial charge < -0.3 is 4.57 Å². The molecule has 0 spiro atoms. The van der Waals surface area contributed by atoms with Gasteiger partial charge in [0.2, 0.25) is 0 Å². The van der Waals surface area contributed by atoms with E-state index in [0.717, 1.165) is 59.7 Å². The van der Waals surface area contributed by atoms with Crippen molar-refractivity contribution in [3.63, 3.8) is 0 Å². The van der Waals surface area contributed by atoms with Gasteiger partial charge in [-0.25, -0.2) is 4.98 Å². The average molecular weight is 573 g/mol. The number of nitrogens with zero attached hydrogens (tertiary/aromatic N) is 2. The normalized spacial score (nSPS) is 15.3. The molecule has 0 fully saturated rings. The molecule has 1 unspecified atom stereocenters. The first-order valence-electron chi connectivity index (χ1n) is 14.8. The van der Waals surface area contributed by atoms with Crippen LogP contribution in [0.1, 0.15) is 25.0 Å². The molecule has 1 aliphatic rings. The van der Waals surface area contributed by atoms with E-state index in [4.69, 9.17) is 4.98 Å². The number of fused-ring (bicyclic) bond motifs is 13. The second-order valence-corrected chi connectivity index (χ2v) is 15.3. The molecule has 0 aliphatic heterocycles. The van der Waals surface area contributed by atoms with E-state index in [1.807, 2.05) is 12.7 Å². The Hall–Kier alpha value is -4.72. The fourth-order valence-corrected chi connectivity index (χ4v) is 9.63. The molecule has 0 N–H and O–H groups in total. The summed E-state index contributed by atoms with van der Waals surface area (Å²) in [7, 11) is -3.04. The molecule has 3 nitrogen and oxygen atoms in total. The Balaban J connectivity index is 1.40. The molecule has 0 saturated carbocycles. The zero-order valence-corrected chi connectivity index (χ0v) is 25.2. The van der Waals surface area contributed by atoms with Crippen LogP contribution in [0.4, 0.5) is 0 Å². The Kier molecular flexibility index (Phi) is 4.87.